The van der Waals surface area contributed by atoms with E-state index in [2.05, 4.69) is 0 Å². The van der Waals surface area contributed by atoms with Crippen LogP contribution in [-0.2, 0) is 0 Å². The van der Waals surface area contributed by atoms with Gasteiger partial charge in [-0.3, -0.25) is 10.1 Å². The topological polar surface area (TPSA) is 66.6 Å². The quantitative estimate of drug-likeness (QED) is 0.647. The van der Waals surface area contributed by atoms with Gasteiger partial charge < -0.3 is 10.0 Å². The highest BCUT2D eigenvalue weighted by Gasteiger charge is 2.26. The summed E-state index contributed by atoms with van der Waals surface area (Å²) in [7, 11) is 0. The van der Waals surface area contributed by atoms with Crippen LogP contribution in [0.5, 0.6) is 5.75 Å². The fraction of sp³-hybridized carbons (Fsp3) is 0.500. The van der Waals surface area contributed by atoms with Crippen molar-refractivity contribution in [1.29, 1.82) is 0 Å². The molecule has 0 saturated heterocycles. The van der Waals surface area contributed by atoms with Gasteiger partial charge in [0.15, 0.2) is 5.75 Å². The van der Waals surface area contributed by atoms with Crippen LogP contribution in [0.3, 0.4) is 0 Å². The molecule has 1 N–H and O–H groups in total. The zero-order valence-corrected chi connectivity index (χ0v) is 10.5. The molecule has 1 aromatic rings. The predicted molar refractivity (Wildman–Crippen MR) is 67.5 cm³/mol. The average molecular weight is 238 g/mol. The maximum Gasteiger partial charge on any atom is 0.333 e. The van der Waals surface area contributed by atoms with Crippen molar-refractivity contribution < 1.29 is 10.0 Å². The molecule has 0 aliphatic rings. The number of aromatic hydroxyl groups is 1. The molecule has 1 aromatic carbocycles. The summed E-state index contributed by atoms with van der Waals surface area (Å²) in [5, 5.41) is 20.6. The van der Waals surface area contributed by atoms with E-state index in [4.69, 9.17) is 0 Å². The number of phenols is 1. The summed E-state index contributed by atoms with van der Waals surface area (Å²) >= 11 is 0. The molecule has 0 bridgehead atoms. The van der Waals surface area contributed by atoms with E-state index in [1.165, 1.54) is 6.07 Å². The molecule has 0 saturated carbocycles. The molecule has 0 radical (unpaired) electrons. The molecular formula is C12H18N2O3. The summed E-state index contributed by atoms with van der Waals surface area (Å²) in [6.45, 7) is 7.86. The molecule has 0 amide bonds. The highest BCUT2D eigenvalue weighted by atomic mass is 16.6. The number of anilines is 1. The van der Waals surface area contributed by atoms with Crippen LogP contribution < -0.4 is 4.90 Å². The highest BCUT2D eigenvalue weighted by Crippen LogP contribution is 2.37. The Bertz CT molecular complexity index is 408. The summed E-state index contributed by atoms with van der Waals surface area (Å²) in [5.74, 6) is -0.293. The summed E-state index contributed by atoms with van der Waals surface area (Å²) in [6, 6.07) is 4.86. The molecule has 5 heteroatoms. The second kappa shape index (κ2) is 5.03. The van der Waals surface area contributed by atoms with Gasteiger partial charge in [0.05, 0.1) is 4.92 Å². The van der Waals surface area contributed by atoms with Crippen LogP contribution in [-0.4, -0.2) is 22.1 Å². The molecule has 0 unspecified atom stereocenters. The molecule has 0 atom stereocenters. The van der Waals surface area contributed by atoms with Crippen molar-refractivity contribution in [2.75, 3.05) is 4.90 Å². The lowest BCUT2D eigenvalue weighted by molar-refractivity contribution is -0.385. The Morgan fingerprint density at radius 3 is 2.18 bits per heavy atom. The third kappa shape index (κ3) is 2.67. The molecule has 0 fully saturated rings. The second-order valence-electron chi connectivity index (χ2n) is 4.50. The molecule has 94 valence electrons. The van der Waals surface area contributed by atoms with E-state index < -0.39 is 4.92 Å². The van der Waals surface area contributed by atoms with E-state index in [-0.39, 0.29) is 23.5 Å². The van der Waals surface area contributed by atoms with Gasteiger partial charge in [0.2, 0.25) is 0 Å². The molecule has 0 aliphatic carbocycles. The van der Waals surface area contributed by atoms with Gasteiger partial charge in [-0.25, -0.2) is 0 Å². The molecular weight excluding hydrogens is 220 g/mol. The third-order valence-corrected chi connectivity index (χ3v) is 2.57. The first kappa shape index (κ1) is 13.3. The first-order valence-corrected chi connectivity index (χ1v) is 5.61. The molecule has 0 heterocycles. The summed E-state index contributed by atoms with van der Waals surface area (Å²) in [5.41, 5.74) is 0.231. The average Bonchev–Trinajstić information content (AvgIpc) is 2.15. The summed E-state index contributed by atoms with van der Waals surface area (Å²) in [4.78, 5) is 12.4. The van der Waals surface area contributed by atoms with Gasteiger partial charge in [-0.05, 0) is 39.8 Å². The number of nitro groups is 1. The van der Waals surface area contributed by atoms with Crippen LogP contribution in [0.2, 0.25) is 0 Å². The molecule has 0 aliphatic heterocycles. The molecule has 0 aromatic heterocycles. The van der Waals surface area contributed by atoms with E-state index in [9.17, 15) is 15.2 Å². The minimum Gasteiger partial charge on any atom is -0.502 e. The monoisotopic (exact) mass is 238 g/mol. The number of nitro benzene ring substituents is 1. The molecule has 17 heavy (non-hydrogen) atoms. The first-order valence-electron chi connectivity index (χ1n) is 5.61. The number of para-hydroxylation sites is 1. The summed E-state index contributed by atoms with van der Waals surface area (Å²) < 4.78 is 0. The number of phenolic OH excluding ortho intramolecular Hbond substituents is 1. The van der Waals surface area contributed by atoms with Gasteiger partial charge in [0, 0.05) is 12.1 Å². The molecule has 1 rings (SSSR count). The van der Waals surface area contributed by atoms with Crippen LogP contribution >= 0.6 is 0 Å². The normalized spacial score (nSPS) is 10.9. The SMILES string of the molecule is CC(C)N(c1cccc(O)c1[N+](=O)[O-])C(C)C. The standard InChI is InChI=1S/C12H18N2O3/c1-8(2)13(9(3)4)10-6-5-7-11(15)12(10)14(16)17/h5-9,15H,1-4H3. The Hall–Kier alpha value is -1.78. The van der Waals surface area contributed by atoms with Gasteiger partial charge in [0.1, 0.15) is 5.69 Å². The van der Waals surface area contributed by atoms with Gasteiger partial charge >= 0.3 is 5.69 Å². The van der Waals surface area contributed by atoms with Crippen LogP contribution in [0, 0.1) is 10.1 Å². The fourth-order valence-corrected chi connectivity index (χ4v) is 2.07. The van der Waals surface area contributed by atoms with Crippen molar-refractivity contribution in [3.8, 4) is 5.75 Å². The number of benzene rings is 1. The van der Waals surface area contributed by atoms with Gasteiger partial charge in [-0.2, -0.15) is 0 Å². The lowest BCUT2D eigenvalue weighted by Crippen LogP contribution is -2.37. The van der Waals surface area contributed by atoms with E-state index >= 15 is 0 Å². The smallest absolute Gasteiger partial charge is 0.333 e. The van der Waals surface area contributed by atoms with E-state index in [1.54, 1.807) is 12.1 Å². The number of hydrogen-bond donors (Lipinski definition) is 1. The Morgan fingerprint density at radius 2 is 1.76 bits per heavy atom. The Morgan fingerprint density at radius 1 is 1.24 bits per heavy atom. The van der Waals surface area contributed by atoms with Crippen LogP contribution in [0.15, 0.2) is 18.2 Å². The maximum atomic E-state index is 11.0. The number of nitrogens with zero attached hydrogens (tertiary/aromatic N) is 2. The van der Waals surface area contributed by atoms with Crippen molar-refractivity contribution in [1.82, 2.24) is 0 Å². The zero-order valence-electron chi connectivity index (χ0n) is 10.5. The number of hydrogen-bond acceptors (Lipinski definition) is 4. The number of rotatable bonds is 4. The maximum absolute atomic E-state index is 11.0. The van der Waals surface area contributed by atoms with E-state index in [1.807, 2.05) is 32.6 Å². The second-order valence-corrected chi connectivity index (χ2v) is 4.50. The highest BCUT2D eigenvalue weighted by molar-refractivity contribution is 5.70. The largest absolute Gasteiger partial charge is 0.502 e. The zero-order chi connectivity index (χ0) is 13.2. The minimum absolute atomic E-state index is 0.121. The minimum atomic E-state index is -0.539. The van der Waals surface area contributed by atoms with Crippen molar-refractivity contribution in [2.45, 2.75) is 39.8 Å². The van der Waals surface area contributed by atoms with Crippen molar-refractivity contribution in [3.05, 3.63) is 28.3 Å². The van der Waals surface area contributed by atoms with Crippen LogP contribution in [0.1, 0.15) is 27.7 Å². The molecule has 5 nitrogen and oxygen atoms in total. The fourth-order valence-electron chi connectivity index (χ4n) is 2.07. The third-order valence-electron chi connectivity index (χ3n) is 2.57. The Balaban J connectivity index is 3.38. The summed E-state index contributed by atoms with van der Waals surface area (Å²) in [6.07, 6.45) is 0. The van der Waals surface area contributed by atoms with E-state index in [0.717, 1.165) is 0 Å². The van der Waals surface area contributed by atoms with Gasteiger partial charge in [-0.1, -0.05) is 6.07 Å². The van der Waals surface area contributed by atoms with Crippen molar-refractivity contribution in [3.63, 3.8) is 0 Å². The van der Waals surface area contributed by atoms with Gasteiger partial charge in [0.25, 0.3) is 0 Å². The first-order chi connectivity index (χ1) is 7.86. The Labute approximate surface area is 101 Å². The van der Waals surface area contributed by atoms with Crippen LogP contribution in [0.4, 0.5) is 11.4 Å². The predicted octanol–water partition coefficient (Wildman–Crippen LogP) is 2.92. The van der Waals surface area contributed by atoms with Crippen molar-refractivity contribution in [2.24, 2.45) is 0 Å². The Kier molecular flexibility index (Phi) is 3.93. The van der Waals surface area contributed by atoms with E-state index in [0.29, 0.717) is 5.69 Å². The van der Waals surface area contributed by atoms with Gasteiger partial charge in [-0.15, -0.1) is 0 Å². The van der Waals surface area contributed by atoms with Crippen molar-refractivity contribution >= 4 is 11.4 Å². The lowest BCUT2D eigenvalue weighted by Gasteiger charge is -2.32. The lowest BCUT2D eigenvalue weighted by atomic mass is 10.1. The molecule has 0 spiro atoms. The van der Waals surface area contributed by atoms with Crippen LogP contribution in [0.25, 0.3) is 0 Å².